The fourth-order valence-corrected chi connectivity index (χ4v) is 4.08. The first-order valence-corrected chi connectivity index (χ1v) is 8.96. The van der Waals surface area contributed by atoms with Gasteiger partial charge in [0.05, 0.1) is 5.69 Å². The van der Waals surface area contributed by atoms with E-state index in [1.54, 1.807) is 11.3 Å². The third-order valence-corrected chi connectivity index (χ3v) is 5.71. The highest BCUT2D eigenvalue weighted by atomic mass is 32.2. The van der Waals surface area contributed by atoms with Gasteiger partial charge in [-0.05, 0) is 19.5 Å². The van der Waals surface area contributed by atoms with Crippen LogP contribution in [0.25, 0.3) is 0 Å². The Morgan fingerprint density at radius 2 is 2.26 bits per heavy atom. The van der Waals surface area contributed by atoms with E-state index in [0.29, 0.717) is 4.75 Å². The van der Waals surface area contributed by atoms with E-state index < -0.39 is 0 Å². The van der Waals surface area contributed by atoms with Crippen LogP contribution in [0, 0.1) is 0 Å². The lowest BCUT2D eigenvalue weighted by molar-refractivity contribution is 0.273. The average molecular weight is 300 g/mol. The van der Waals surface area contributed by atoms with Crippen LogP contribution in [0.4, 0.5) is 0 Å². The van der Waals surface area contributed by atoms with Gasteiger partial charge in [0.25, 0.3) is 0 Å². The fraction of sp³-hybridized carbons (Fsp3) is 0.786. The van der Waals surface area contributed by atoms with E-state index in [-0.39, 0.29) is 0 Å². The molecule has 0 aliphatic carbocycles. The monoisotopic (exact) mass is 299 g/mol. The van der Waals surface area contributed by atoms with Crippen molar-refractivity contribution in [1.29, 1.82) is 0 Å². The van der Waals surface area contributed by atoms with Crippen molar-refractivity contribution in [2.45, 2.75) is 45.0 Å². The minimum Gasteiger partial charge on any atom is -0.311 e. The van der Waals surface area contributed by atoms with Crippen molar-refractivity contribution in [1.82, 2.24) is 15.2 Å². The third-order valence-electron chi connectivity index (χ3n) is 3.44. The first-order chi connectivity index (χ1) is 9.09. The summed E-state index contributed by atoms with van der Waals surface area (Å²) in [6.07, 6.45) is 1.27. The van der Waals surface area contributed by atoms with E-state index in [9.17, 15) is 0 Å². The summed E-state index contributed by atoms with van der Waals surface area (Å²) in [4.78, 5) is 7.27. The largest absolute Gasteiger partial charge is 0.311 e. The molecule has 0 radical (unpaired) electrons. The first kappa shape index (κ1) is 15.3. The molecular weight excluding hydrogens is 274 g/mol. The van der Waals surface area contributed by atoms with Gasteiger partial charge in [0.2, 0.25) is 0 Å². The Kier molecular flexibility index (Phi) is 5.69. The lowest BCUT2D eigenvalue weighted by atomic mass is 10.1. The van der Waals surface area contributed by atoms with Crippen LogP contribution >= 0.6 is 23.1 Å². The molecule has 1 aliphatic heterocycles. The van der Waals surface area contributed by atoms with E-state index in [1.165, 1.54) is 36.0 Å². The molecule has 1 saturated heterocycles. The molecule has 0 atom stereocenters. The van der Waals surface area contributed by atoms with Crippen LogP contribution in [0.3, 0.4) is 0 Å². The van der Waals surface area contributed by atoms with E-state index in [0.717, 1.165) is 19.6 Å². The van der Waals surface area contributed by atoms with Gasteiger partial charge in [-0.3, -0.25) is 4.90 Å². The standard InChI is InChI=1S/C14H25N3S2/c1-4-15-9-13-16-12(11-18-13)10-17-6-5-14(2,3)19-8-7-17/h11,15H,4-10H2,1-3H3. The molecule has 1 aromatic rings. The van der Waals surface area contributed by atoms with Gasteiger partial charge >= 0.3 is 0 Å². The molecule has 1 fully saturated rings. The number of hydrogen-bond acceptors (Lipinski definition) is 5. The molecular formula is C14H25N3S2. The molecule has 108 valence electrons. The molecule has 0 spiro atoms. The number of thiazole rings is 1. The minimum atomic E-state index is 0.438. The molecule has 1 aromatic heterocycles. The van der Waals surface area contributed by atoms with Crippen LogP contribution in [-0.2, 0) is 13.1 Å². The van der Waals surface area contributed by atoms with Crippen LogP contribution in [0.15, 0.2) is 5.38 Å². The summed E-state index contributed by atoms with van der Waals surface area (Å²) in [5.41, 5.74) is 1.24. The predicted octanol–water partition coefficient (Wildman–Crippen LogP) is 2.97. The van der Waals surface area contributed by atoms with Crippen molar-refractivity contribution in [3.05, 3.63) is 16.1 Å². The highest BCUT2D eigenvalue weighted by molar-refractivity contribution is 8.00. The molecule has 3 nitrogen and oxygen atoms in total. The number of thioether (sulfide) groups is 1. The van der Waals surface area contributed by atoms with Crippen molar-refractivity contribution < 1.29 is 0 Å². The highest BCUT2D eigenvalue weighted by Gasteiger charge is 2.23. The van der Waals surface area contributed by atoms with Crippen LogP contribution in [0.2, 0.25) is 0 Å². The molecule has 2 rings (SSSR count). The second kappa shape index (κ2) is 7.07. The summed E-state index contributed by atoms with van der Waals surface area (Å²) >= 11 is 3.88. The lowest BCUT2D eigenvalue weighted by Gasteiger charge is -2.22. The van der Waals surface area contributed by atoms with Gasteiger partial charge in [0, 0.05) is 35.5 Å². The van der Waals surface area contributed by atoms with E-state index in [4.69, 9.17) is 4.98 Å². The summed E-state index contributed by atoms with van der Waals surface area (Å²) in [5, 5.41) is 6.76. The molecule has 1 aliphatic rings. The Hall–Kier alpha value is -0.100. The molecule has 0 amide bonds. The summed E-state index contributed by atoms with van der Waals surface area (Å²) in [6.45, 7) is 12.2. The van der Waals surface area contributed by atoms with Crippen molar-refractivity contribution in [2.75, 3.05) is 25.4 Å². The zero-order valence-electron chi connectivity index (χ0n) is 12.2. The van der Waals surface area contributed by atoms with Crippen molar-refractivity contribution >= 4 is 23.1 Å². The number of rotatable bonds is 5. The quantitative estimate of drug-likeness (QED) is 0.905. The van der Waals surface area contributed by atoms with Crippen LogP contribution in [0.5, 0.6) is 0 Å². The zero-order valence-corrected chi connectivity index (χ0v) is 13.9. The number of nitrogens with one attached hydrogen (secondary N) is 1. The van der Waals surface area contributed by atoms with Gasteiger partial charge in [-0.15, -0.1) is 11.3 Å². The number of hydrogen-bond donors (Lipinski definition) is 1. The molecule has 0 unspecified atom stereocenters. The van der Waals surface area contributed by atoms with Gasteiger partial charge in [-0.2, -0.15) is 11.8 Å². The normalized spacial score (nSPS) is 20.4. The van der Waals surface area contributed by atoms with Crippen molar-refractivity contribution in [2.24, 2.45) is 0 Å². The maximum atomic E-state index is 4.72. The molecule has 1 N–H and O–H groups in total. The minimum absolute atomic E-state index is 0.438. The second-order valence-corrected chi connectivity index (χ2v) is 8.39. The van der Waals surface area contributed by atoms with Crippen LogP contribution in [0.1, 0.15) is 37.9 Å². The molecule has 0 aromatic carbocycles. The SMILES string of the molecule is CCNCc1nc(CN2CCSC(C)(C)CC2)cs1. The van der Waals surface area contributed by atoms with Gasteiger partial charge < -0.3 is 5.32 Å². The zero-order chi connectivity index (χ0) is 13.7. The van der Waals surface area contributed by atoms with Crippen LogP contribution in [-0.4, -0.2) is 40.0 Å². The lowest BCUT2D eigenvalue weighted by Crippen LogP contribution is -2.27. The number of aromatic nitrogens is 1. The Bertz CT molecular complexity index is 390. The van der Waals surface area contributed by atoms with E-state index >= 15 is 0 Å². The smallest absolute Gasteiger partial charge is 0.107 e. The Labute approximate surface area is 125 Å². The Balaban J connectivity index is 1.85. The predicted molar refractivity (Wildman–Crippen MR) is 85.9 cm³/mol. The third kappa shape index (κ3) is 5.06. The first-order valence-electron chi connectivity index (χ1n) is 7.09. The topological polar surface area (TPSA) is 28.2 Å². The van der Waals surface area contributed by atoms with Crippen molar-refractivity contribution in [3.63, 3.8) is 0 Å². The number of nitrogens with zero attached hydrogens (tertiary/aromatic N) is 2. The molecule has 0 saturated carbocycles. The highest BCUT2D eigenvalue weighted by Crippen LogP contribution is 2.31. The molecule has 0 bridgehead atoms. The van der Waals surface area contributed by atoms with Crippen LogP contribution < -0.4 is 5.32 Å². The molecule has 19 heavy (non-hydrogen) atoms. The summed E-state index contributed by atoms with van der Waals surface area (Å²) in [5.74, 6) is 1.24. The van der Waals surface area contributed by atoms with Gasteiger partial charge in [-0.25, -0.2) is 4.98 Å². The molecule has 2 heterocycles. The average Bonchev–Trinajstić information content (AvgIpc) is 2.73. The summed E-state index contributed by atoms with van der Waals surface area (Å²) in [6, 6.07) is 0. The Morgan fingerprint density at radius 1 is 1.42 bits per heavy atom. The van der Waals surface area contributed by atoms with E-state index in [2.05, 4.69) is 48.1 Å². The van der Waals surface area contributed by atoms with Gasteiger partial charge in [0.1, 0.15) is 5.01 Å². The van der Waals surface area contributed by atoms with Gasteiger partial charge in [-0.1, -0.05) is 20.8 Å². The fourth-order valence-electron chi connectivity index (χ4n) is 2.18. The van der Waals surface area contributed by atoms with E-state index in [1.807, 2.05) is 0 Å². The Morgan fingerprint density at radius 3 is 3.05 bits per heavy atom. The second-order valence-electron chi connectivity index (χ2n) is 5.65. The van der Waals surface area contributed by atoms with Gasteiger partial charge in [0.15, 0.2) is 0 Å². The molecule has 5 heteroatoms. The summed E-state index contributed by atoms with van der Waals surface area (Å²) in [7, 11) is 0. The maximum absolute atomic E-state index is 4.72. The summed E-state index contributed by atoms with van der Waals surface area (Å²) < 4.78 is 0.438. The van der Waals surface area contributed by atoms with Crippen molar-refractivity contribution in [3.8, 4) is 0 Å². The maximum Gasteiger partial charge on any atom is 0.107 e.